The van der Waals surface area contributed by atoms with E-state index in [1.165, 1.54) is 17.2 Å². The van der Waals surface area contributed by atoms with Crippen LogP contribution in [0.25, 0.3) is 0 Å². The molecule has 1 aromatic heterocycles. The van der Waals surface area contributed by atoms with Crippen molar-refractivity contribution < 1.29 is 0 Å². The number of nitrogens with one attached hydrogen (secondary N) is 2. The van der Waals surface area contributed by atoms with E-state index in [2.05, 4.69) is 53.4 Å². The van der Waals surface area contributed by atoms with Crippen molar-refractivity contribution in [1.82, 2.24) is 15.3 Å². The van der Waals surface area contributed by atoms with Crippen LogP contribution in [0.3, 0.4) is 0 Å². The van der Waals surface area contributed by atoms with E-state index in [1.54, 1.807) is 11.8 Å². The molecule has 112 valence electrons. The van der Waals surface area contributed by atoms with Gasteiger partial charge in [-0.15, -0.1) is 0 Å². The first-order chi connectivity index (χ1) is 10.1. The second-order valence-electron chi connectivity index (χ2n) is 5.02. The van der Waals surface area contributed by atoms with Crippen LogP contribution in [0.4, 0.5) is 0 Å². The van der Waals surface area contributed by atoms with Crippen molar-refractivity contribution in [3.8, 4) is 0 Å². The first-order valence-electron chi connectivity index (χ1n) is 7.09. The number of aromatic amines is 1. The van der Waals surface area contributed by atoms with E-state index in [0.29, 0.717) is 5.16 Å². The van der Waals surface area contributed by atoms with Crippen molar-refractivity contribution in [2.75, 3.05) is 12.3 Å². The lowest BCUT2D eigenvalue weighted by molar-refractivity contribution is 0.605. The van der Waals surface area contributed by atoms with Gasteiger partial charge in [-0.25, -0.2) is 4.98 Å². The van der Waals surface area contributed by atoms with Gasteiger partial charge < -0.3 is 10.3 Å². The molecule has 0 amide bonds. The molecule has 1 aromatic carbocycles. The molecule has 21 heavy (non-hydrogen) atoms. The molecule has 1 unspecified atom stereocenters. The van der Waals surface area contributed by atoms with Gasteiger partial charge in [-0.05, 0) is 26.0 Å². The number of nitrogens with zero attached hydrogens (tertiary/aromatic N) is 1. The standard InChI is InChI=1S/C16H21N3OS/c1-4-17-14(13-7-5-11(2)6-8-13)10-21-16-18-12(3)9-15(20)19-16/h5-9,14,17H,4,10H2,1-3H3,(H,18,19,20). The third-order valence-electron chi connectivity index (χ3n) is 3.16. The maximum atomic E-state index is 11.5. The second kappa shape index (κ2) is 7.43. The van der Waals surface area contributed by atoms with Crippen molar-refractivity contribution in [3.05, 3.63) is 57.5 Å². The Morgan fingerprint density at radius 1 is 1.29 bits per heavy atom. The molecule has 1 atom stereocenters. The topological polar surface area (TPSA) is 57.8 Å². The van der Waals surface area contributed by atoms with E-state index >= 15 is 0 Å². The van der Waals surface area contributed by atoms with Gasteiger partial charge in [0.05, 0.1) is 0 Å². The summed E-state index contributed by atoms with van der Waals surface area (Å²) in [5, 5.41) is 4.15. The zero-order chi connectivity index (χ0) is 15.2. The third-order valence-corrected chi connectivity index (χ3v) is 4.13. The Morgan fingerprint density at radius 2 is 2.00 bits per heavy atom. The van der Waals surface area contributed by atoms with E-state index in [4.69, 9.17) is 0 Å². The van der Waals surface area contributed by atoms with Gasteiger partial charge in [0.2, 0.25) is 0 Å². The number of aryl methyl sites for hydroxylation is 2. The van der Waals surface area contributed by atoms with Gasteiger partial charge in [-0.3, -0.25) is 4.79 Å². The number of hydrogen-bond donors (Lipinski definition) is 2. The second-order valence-corrected chi connectivity index (χ2v) is 6.03. The number of thioether (sulfide) groups is 1. The minimum Gasteiger partial charge on any atom is -0.309 e. The Bertz CT molecular complexity index is 637. The fourth-order valence-corrected chi connectivity index (χ4v) is 3.12. The zero-order valence-corrected chi connectivity index (χ0v) is 13.5. The third kappa shape index (κ3) is 4.72. The summed E-state index contributed by atoms with van der Waals surface area (Å²) in [7, 11) is 0. The molecule has 2 N–H and O–H groups in total. The van der Waals surface area contributed by atoms with Crippen LogP contribution < -0.4 is 10.9 Å². The van der Waals surface area contributed by atoms with E-state index in [9.17, 15) is 4.79 Å². The van der Waals surface area contributed by atoms with Gasteiger partial charge in [0.1, 0.15) is 0 Å². The first kappa shape index (κ1) is 15.8. The number of aromatic nitrogens is 2. The molecule has 4 nitrogen and oxygen atoms in total. The summed E-state index contributed by atoms with van der Waals surface area (Å²) >= 11 is 1.57. The lowest BCUT2D eigenvalue weighted by Gasteiger charge is -2.18. The highest BCUT2D eigenvalue weighted by Gasteiger charge is 2.11. The summed E-state index contributed by atoms with van der Waals surface area (Å²) in [6.07, 6.45) is 0. The summed E-state index contributed by atoms with van der Waals surface area (Å²) in [5.41, 5.74) is 3.16. The predicted molar refractivity (Wildman–Crippen MR) is 87.9 cm³/mol. The fourth-order valence-electron chi connectivity index (χ4n) is 2.10. The lowest BCUT2D eigenvalue weighted by Crippen LogP contribution is -2.23. The first-order valence-corrected chi connectivity index (χ1v) is 8.07. The van der Waals surface area contributed by atoms with Crippen LogP contribution in [0.5, 0.6) is 0 Å². The maximum Gasteiger partial charge on any atom is 0.251 e. The summed E-state index contributed by atoms with van der Waals surface area (Å²) < 4.78 is 0. The monoisotopic (exact) mass is 303 g/mol. The van der Waals surface area contributed by atoms with Crippen molar-refractivity contribution >= 4 is 11.8 Å². The normalized spacial score (nSPS) is 12.3. The summed E-state index contributed by atoms with van der Waals surface area (Å²) in [5.74, 6) is 0.823. The predicted octanol–water partition coefficient (Wildman–Crippen LogP) is 2.83. The highest BCUT2D eigenvalue weighted by atomic mass is 32.2. The average Bonchev–Trinajstić information content (AvgIpc) is 2.43. The molecule has 0 aliphatic carbocycles. The van der Waals surface area contributed by atoms with E-state index in [-0.39, 0.29) is 11.6 Å². The van der Waals surface area contributed by atoms with E-state index < -0.39 is 0 Å². The smallest absolute Gasteiger partial charge is 0.251 e. The van der Waals surface area contributed by atoms with Crippen molar-refractivity contribution in [3.63, 3.8) is 0 Å². The molecule has 0 fully saturated rings. The summed E-state index contributed by atoms with van der Waals surface area (Å²) in [4.78, 5) is 18.6. The molecule has 0 aliphatic heterocycles. The Morgan fingerprint density at radius 3 is 2.62 bits per heavy atom. The van der Waals surface area contributed by atoms with E-state index in [1.807, 2.05) is 6.92 Å². The molecule has 2 rings (SSSR count). The van der Waals surface area contributed by atoms with Crippen molar-refractivity contribution in [2.45, 2.75) is 32.0 Å². The minimum absolute atomic E-state index is 0.0969. The number of rotatable bonds is 6. The van der Waals surface area contributed by atoms with Gasteiger partial charge in [0.25, 0.3) is 5.56 Å². The van der Waals surface area contributed by atoms with Crippen LogP contribution in [0.1, 0.15) is 29.8 Å². The number of benzene rings is 1. The summed E-state index contributed by atoms with van der Waals surface area (Å²) in [6.45, 7) is 6.92. The Hall–Kier alpha value is -1.59. The van der Waals surface area contributed by atoms with Crippen LogP contribution in [0.2, 0.25) is 0 Å². The summed E-state index contributed by atoms with van der Waals surface area (Å²) in [6, 6.07) is 10.3. The SMILES string of the molecule is CCNC(CSc1nc(C)cc(=O)[nH]1)c1ccc(C)cc1. The maximum absolute atomic E-state index is 11.5. The highest BCUT2D eigenvalue weighted by molar-refractivity contribution is 7.99. The molecule has 0 saturated carbocycles. The van der Waals surface area contributed by atoms with Crippen molar-refractivity contribution in [2.24, 2.45) is 0 Å². The molecular weight excluding hydrogens is 282 g/mol. The molecule has 0 spiro atoms. The zero-order valence-electron chi connectivity index (χ0n) is 12.6. The number of hydrogen-bond acceptors (Lipinski definition) is 4. The Balaban J connectivity index is 2.09. The van der Waals surface area contributed by atoms with E-state index in [0.717, 1.165) is 18.0 Å². The minimum atomic E-state index is -0.0969. The van der Waals surface area contributed by atoms with Gasteiger partial charge >= 0.3 is 0 Å². The van der Waals surface area contributed by atoms with Gasteiger partial charge in [0, 0.05) is 23.6 Å². The fraction of sp³-hybridized carbons (Fsp3) is 0.375. The molecule has 0 aliphatic rings. The molecule has 0 bridgehead atoms. The van der Waals surface area contributed by atoms with Gasteiger partial charge in [-0.2, -0.15) is 0 Å². The molecular formula is C16H21N3OS. The molecule has 0 saturated heterocycles. The van der Waals surface area contributed by atoms with Crippen molar-refractivity contribution in [1.29, 1.82) is 0 Å². The van der Waals surface area contributed by atoms with Crippen LogP contribution in [0, 0.1) is 13.8 Å². The lowest BCUT2D eigenvalue weighted by atomic mass is 10.1. The largest absolute Gasteiger partial charge is 0.309 e. The van der Waals surface area contributed by atoms with Crippen LogP contribution in [0.15, 0.2) is 40.3 Å². The molecule has 2 aromatic rings. The number of H-pyrrole nitrogens is 1. The van der Waals surface area contributed by atoms with Crippen LogP contribution in [-0.4, -0.2) is 22.3 Å². The van der Waals surface area contributed by atoms with Gasteiger partial charge in [-0.1, -0.05) is 48.5 Å². The molecule has 1 heterocycles. The molecule has 0 radical (unpaired) electrons. The highest BCUT2D eigenvalue weighted by Crippen LogP contribution is 2.22. The average molecular weight is 303 g/mol. The van der Waals surface area contributed by atoms with Gasteiger partial charge in [0.15, 0.2) is 5.16 Å². The van der Waals surface area contributed by atoms with Crippen LogP contribution >= 0.6 is 11.8 Å². The van der Waals surface area contributed by atoms with Crippen LogP contribution in [-0.2, 0) is 0 Å². The quantitative estimate of drug-likeness (QED) is 0.636. The molecule has 5 heteroatoms. The Labute approximate surface area is 129 Å². The Kier molecular flexibility index (Phi) is 5.59.